The Morgan fingerprint density at radius 3 is 2.55 bits per heavy atom. The minimum absolute atomic E-state index is 0.0741. The van der Waals surface area contributed by atoms with Crippen LogP contribution in [0.5, 0.6) is 0 Å². The molecule has 1 heterocycles. The van der Waals surface area contributed by atoms with Gasteiger partial charge in [0.1, 0.15) is 0 Å². The van der Waals surface area contributed by atoms with Crippen LogP contribution < -0.4 is 5.32 Å². The highest BCUT2D eigenvalue weighted by Crippen LogP contribution is 2.39. The number of piperidine rings is 1. The van der Waals surface area contributed by atoms with Crippen molar-refractivity contribution in [2.75, 3.05) is 39.9 Å². The average molecular weight is 532 g/mol. The molecule has 3 rings (SSSR count). The van der Waals surface area contributed by atoms with Crippen LogP contribution in [0.1, 0.15) is 83.1 Å². The summed E-state index contributed by atoms with van der Waals surface area (Å²) in [7, 11) is 1.56. The van der Waals surface area contributed by atoms with Crippen LogP contribution in [0.4, 0.5) is 9.59 Å². The quantitative estimate of drug-likeness (QED) is 0.294. The van der Waals surface area contributed by atoms with Crippen molar-refractivity contribution in [2.24, 2.45) is 11.8 Å². The molecule has 1 aliphatic heterocycles. The van der Waals surface area contributed by atoms with E-state index in [4.69, 9.17) is 4.74 Å². The number of unbranched alkanes of at least 4 members (excludes halogenated alkanes) is 1. The van der Waals surface area contributed by atoms with E-state index in [-0.39, 0.29) is 24.5 Å². The number of hydrogen-bond donors (Lipinski definition) is 3. The molecule has 1 saturated carbocycles. The maximum absolute atomic E-state index is 13.5. The summed E-state index contributed by atoms with van der Waals surface area (Å²) >= 11 is 0. The number of carbonyl (C=O) groups is 2. The normalized spacial score (nSPS) is 20.9. The Labute approximate surface area is 228 Å². The Bertz CT molecular complexity index is 848. The number of rotatable bonds is 13. The van der Waals surface area contributed by atoms with E-state index in [9.17, 15) is 19.8 Å². The van der Waals surface area contributed by atoms with E-state index in [2.05, 4.69) is 5.32 Å². The zero-order valence-electron chi connectivity index (χ0n) is 23.4. The molecule has 38 heavy (non-hydrogen) atoms. The van der Waals surface area contributed by atoms with E-state index >= 15 is 0 Å². The zero-order valence-corrected chi connectivity index (χ0v) is 23.4. The van der Waals surface area contributed by atoms with Gasteiger partial charge >= 0.3 is 12.1 Å². The molecular formula is C30H49N3O5. The SMILES string of the molecule is CCOCCCCC(O)(c1ccccc1)C1CCCN(C(=O)N[C@@H](CC2CCCCC2)CN(C)C(=O)O)C1. The molecule has 0 aromatic heterocycles. The molecule has 3 atom stereocenters. The van der Waals surface area contributed by atoms with Crippen LogP contribution in [-0.4, -0.2) is 78.1 Å². The second-order valence-electron chi connectivity index (χ2n) is 11.3. The second kappa shape index (κ2) is 15.3. The van der Waals surface area contributed by atoms with Crippen molar-refractivity contribution in [1.29, 1.82) is 0 Å². The number of aliphatic hydroxyl groups is 1. The van der Waals surface area contributed by atoms with Crippen molar-refractivity contribution in [1.82, 2.24) is 15.1 Å². The van der Waals surface area contributed by atoms with Gasteiger partial charge in [-0.15, -0.1) is 0 Å². The van der Waals surface area contributed by atoms with E-state index in [1.165, 1.54) is 24.2 Å². The number of carboxylic acid groups (broad SMARTS) is 1. The molecule has 0 spiro atoms. The van der Waals surface area contributed by atoms with E-state index in [0.717, 1.165) is 50.5 Å². The molecule has 214 valence electrons. The fourth-order valence-corrected chi connectivity index (χ4v) is 6.28. The molecule has 2 unspecified atom stereocenters. The predicted octanol–water partition coefficient (Wildman–Crippen LogP) is 5.45. The number of benzene rings is 1. The van der Waals surface area contributed by atoms with Gasteiger partial charge in [0.25, 0.3) is 0 Å². The third-order valence-electron chi connectivity index (χ3n) is 8.45. The Hall–Kier alpha value is -2.32. The van der Waals surface area contributed by atoms with Gasteiger partial charge in [-0.25, -0.2) is 9.59 Å². The number of ether oxygens (including phenoxy) is 1. The highest BCUT2D eigenvalue weighted by molar-refractivity contribution is 5.75. The van der Waals surface area contributed by atoms with E-state index in [0.29, 0.717) is 38.6 Å². The van der Waals surface area contributed by atoms with Gasteiger partial charge in [0.05, 0.1) is 5.60 Å². The summed E-state index contributed by atoms with van der Waals surface area (Å²) in [5.74, 6) is 0.445. The van der Waals surface area contributed by atoms with Crippen LogP contribution in [0.25, 0.3) is 0 Å². The van der Waals surface area contributed by atoms with Gasteiger partial charge < -0.3 is 30.1 Å². The van der Waals surface area contributed by atoms with Gasteiger partial charge in [-0.2, -0.15) is 0 Å². The Balaban J connectivity index is 1.68. The van der Waals surface area contributed by atoms with Gasteiger partial charge in [-0.3, -0.25) is 0 Å². The molecule has 3 N–H and O–H groups in total. The van der Waals surface area contributed by atoms with Crippen molar-refractivity contribution in [3.8, 4) is 0 Å². The number of carbonyl (C=O) groups excluding carboxylic acids is 1. The number of amides is 3. The Kier molecular flexibility index (Phi) is 12.2. The van der Waals surface area contributed by atoms with Gasteiger partial charge in [0, 0.05) is 51.9 Å². The molecule has 1 aliphatic carbocycles. The van der Waals surface area contributed by atoms with Crippen molar-refractivity contribution >= 4 is 12.1 Å². The molecule has 0 radical (unpaired) electrons. The van der Waals surface area contributed by atoms with Gasteiger partial charge in [0.15, 0.2) is 0 Å². The summed E-state index contributed by atoms with van der Waals surface area (Å²) in [4.78, 5) is 28.1. The third-order valence-corrected chi connectivity index (χ3v) is 8.45. The summed E-state index contributed by atoms with van der Waals surface area (Å²) in [5.41, 5.74) is -0.112. The summed E-state index contributed by atoms with van der Waals surface area (Å²) in [6, 6.07) is 9.48. The maximum Gasteiger partial charge on any atom is 0.407 e. The fraction of sp³-hybridized carbons (Fsp3) is 0.733. The first kappa shape index (κ1) is 30.2. The first-order chi connectivity index (χ1) is 18.3. The highest BCUT2D eigenvalue weighted by atomic mass is 16.5. The highest BCUT2D eigenvalue weighted by Gasteiger charge is 2.41. The molecule has 1 saturated heterocycles. The standard InChI is InChI=1S/C30H49N3O5/c1-3-38-20-11-10-18-30(37,25-15-8-5-9-16-25)26-17-12-19-33(22-26)28(34)31-27(23-32(2)29(35)36)21-24-13-6-4-7-14-24/h5,8-9,15-16,24,26-27,37H,3-4,6-7,10-14,17-23H2,1-2H3,(H,31,34)(H,35,36)/t26?,27-,30?/m0/s1. The number of hydrogen-bond acceptors (Lipinski definition) is 4. The monoisotopic (exact) mass is 531 g/mol. The number of likely N-dealkylation sites (tertiary alicyclic amines) is 1. The molecule has 0 bridgehead atoms. The molecule has 1 aromatic carbocycles. The largest absolute Gasteiger partial charge is 0.465 e. The van der Waals surface area contributed by atoms with Crippen LogP contribution in [0.3, 0.4) is 0 Å². The predicted molar refractivity (Wildman–Crippen MR) is 149 cm³/mol. The molecule has 1 aromatic rings. The lowest BCUT2D eigenvalue weighted by atomic mass is 9.74. The summed E-state index contributed by atoms with van der Waals surface area (Å²) < 4.78 is 5.50. The third kappa shape index (κ3) is 8.87. The van der Waals surface area contributed by atoms with Gasteiger partial charge in [-0.1, -0.05) is 62.4 Å². The van der Waals surface area contributed by atoms with Crippen molar-refractivity contribution in [2.45, 2.75) is 89.2 Å². The molecular weight excluding hydrogens is 482 g/mol. The van der Waals surface area contributed by atoms with E-state index < -0.39 is 11.7 Å². The van der Waals surface area contributed by atoms with Crippen molar-refractivity contribution in [3.05, 3.63) is 35.9 Å². The number of likely N-dealkylation sites (N-methyl/N-ethyl adjacent to an activating group) is 1. The van der Waals surface area contributed by atoms with Crippen LogP contribution in [0, 0.1) is 11.8 Å². The Morgan fingerprint density at radius 2 is 1.87 bits per heavy atom. The minimum atomic E-state index is -1.02. The van der Waals surface area contributed by atoms with Gasteiger partial charge in [-0.05, 0) is 56.9 Å². The average Bonchev–Trinajstić information content (AvgIpc) is 2.93. The topological polar surface area (TPSA) is 102 Å². The molecule has 8 heteroatoms. The van der Waals surface area contributed by atoms with E-state index in [1.54, 1.807) is 7.05 Å². The lowest BCUT2D eigenvalue weighted by Gasteiger charge is -2.43. The van der Waals surface area contributed by atoms with Gasteiger partial charge in [0.2, 0.25) is 0 Å². The van der Waals surface area contributed by atoms with Crippen LogP contribution in [-0.2, 0) is 10.3 Å². The molecule has 2 fully saturated rings. The molecule has 3 amide bonds. The number of nitrogens with zero attached hydrogens (tertiary/aromatic N) is 2. The Morgan fingerprint density at radius 1 is 1.13 bits per heavy atom. The van der Waals surface area contributed by atoms with Crippen molar-refractivity contribution in [3.63, 3.8) is 0 Å². The maximum atomic E-state index is 13.5. The number of urea groups is 1. The first-order valence-corrected chi connectivity index (χ1v) is 14.7. The smallest absolute Gasteiger partial charge is 0.407 e. The van der Waals surface area contributed by atoms with Crippen LogP contribution in [0.15, 0.2) is 30.3 Å². The van der Waals surface area contributed by atoms with Crippen molar-refractivity contribution < 1.29 is 24.5 Å². The summed E-state index contributed by atoms with van der Waals surface area (Å²) in [6.45, 7) is 4.77. The summed E-state index contributed by atoms with van der Waals surface area (Å²) in [5, 5.41) is 24.7. The fourth-order valence-electron chi connectivity index (χ4n) is 6.28. The summed E-state index contributed by atoms with van der Waals surface area (Å²) in [6.07, 6.45) is 9.81. The molecule has 2 aliphatic rings. The van der Waals surface area contributed by atoms with Crippen LogP contribution >= 0.6 is 0 Å². The first-order valence-electron chi connectivity index (χ1n) is 14.7. The zero-order chi connectivity index (χ0) is 27.4. The number of nitrogens with one attached hydrogen (secondary N) is 1. The lowest BCUT2D eigenvalue weighted by Crippen LogP contribution is -2.54. The molecule has 8 nitrogen and oxygen atoms in total. The van der Waals surface area contributed by atoms with Crippen LogP contribution in [0.2, 0.25) is 0 Å². The second-order valence-corrected chi connectivity index (χ2v) is 11.3. The lowest BCUT2D eigenvalue weighted by molar-refractivity contribution is -0.0566. The minimum Gasteiger partial charge on any atom is -0.465 e. The van der Waals surface area contributed by atoms with E-state index in [1.807, 2.05) is 42.2 Å².